The second kappa shape index (κ2) is 10.7. The molecule has 3 unspecified atom stereocenters. The quantitative estimate of drug-likeness (QED) is 0.471. The molecule has 0 radical (unpaired) electrons. The summed E-state index contributed by atoms with van der Waals surface area (Å²) < 4.78 is 104. The molecule has 1 aromatic carbocycles. The van der Waals surface area contributed by atoms with E-state index in [0.29, 0.717) is 11.1 Å². The van der Waals surface area contributed by atoms with Crippen LogP contribution in [0.15, 0.2) is 24.3 Å². The van der Waals surface area contributed by atoms with Crippen molar-refractivity contribution in [2.45, 2.75) is 50.7 Å². The summed E-state index contributed by atoms with van der Waals surface area (Å²) in [5.41, 5.74) is 6.36. The predicted octanol–water partition coefficient (Wildman–Crippen LogP) is 2.98. The van der Waals surface area contributed by atoms with E-state index < -0.39 is 46.8 Å². The highest BCUT2D eigenvalue weighted by molar-refractivity contribution is 7.82. The van der Waals surface area contributed by atoms with Gasteiger partial charge in [-0.15, -0.1) is 0 Å². The number of carbonyl (C=O) groups is 1. The highest BCUT2D eigenvalue weighted by Gasteiger charge is 2.27. The van der Waals surface area contributed by atoms with Crippen LogP contribution in [0.4, 0.5) is 26.3 Å². The van der Waals surface area contributed by atoms with Crippen molar-refractivity contribution in [1.82, 2.24) is 0 Å². The van der Waals surface area contributed by atoms with Crippen molar-refractivity contribution in [3.8, 4) is 23.7 Å². The minimum atomic E-state index is -5.05. The van der Waals surface area contributed by atoms with E-state index in [1.54, 1.807) is 0 Å². The van der Waals surface area contributed by atoms with Gasteiger partial charge in [0.2, 0.25) is 0 Å². The Morgan fingerprint density at radius 3 is 2.19 bits per heavy atom. The summed E-state index contributed by atoms with van der Waals surface area (Å²) in [7, 11) is -5.05. The standard InChI is InChI=1S/C19H17F6NO5S/c1-12(6-8-18(20,21)22)15-5-3-4-14(10-15)11-16(26)17(27)31-32(28,29)30-13(2)7-9-19(23,24)25/h3-5,10,12-13,16H,11,26H2,1-2H3. The zero-order chi connectivity index (χ0) is 24.7. The van der Waals surface area contributed by atoms with Crippen LogP contribution in [-0.2, 0) is 30.0 Å². The first-order valence-corrected chi connectivity index (χ1v) is 10.0. The van der Waals surface area contributed by atoms with Crippen molar-refractivity contribution < 1.29 is 47.9 Å². The molecule has 1 rings (SSSR count). The lowest BCUT2D eigenvalue weighted by Gasteiger charge is -2.13. The van der Waals surface area contributed by atoms with Gasteiger partial charge in [-0.25, -0.2) is 8.98 Å². The lowest BCUT2D eigenvalue weighted by Crippen LogP contribution is -2.36. The number of hydrogen-bond donors (Lipinski definition) is 1. The molecule has 13 heteroatoms. The molecule has 0 aliphatic heterocycles. The molecule has 3 atom stereocenters. The molecular formula is C19H17F6NO5S. The fourth-order valence-corrected chi connectivity index (χ4v) is 2.93. The Morgan fingerprint density at radius 1 is 1.06 bits per heavy atom. The van der Waals surface area contributed by atoms with Gasteiger partial charge in [0.1, 0.15) is 12.1 Å². The first-order chi connectivity index (χ1) is 14.5. The largest absolute Gasteiger partial charge is 0.457 e. The highest BCUT2D eigenvalue weighted by Crippen LogP contribution is 2.19. The number of nitrogens with two attached hydrogens (primary N) is 1. The average Bonchev–Trinajstić information content (AvgIpc) is 2.62. The van der Waals surface area contributed by atoms with Crippen LogP contribution in [0.1, 0.15) is 30.9 Å². The van der Waals surface area contributed by atoms with E-state index in [0.717, 1.165) is 18.8 Å². The molecule has 0 aliphatic carbocycles. The van der Waals surface area contributed by atoms with Gasteiger partial charge in [-0.1, -0.05) is 36.1 Å². The average molecular weight is 485 g/mol. The molecule has 0 aromatic heterocycles. The third-order valence-electron chi connectivity index (χ3n) is 3.50. The number of halogens is 6. The summed E-state index contributed by atoms with van der Waals surface area (Å²) in [6, 6.07) is 4.38. The van der Waals surface area contributed by atoms with Crippen LogP contribution >= 0.6 is 0 Å². The van der Waals surface area contributed by atoms with Gasteiger partial charge in [-0.05, 0) is 31.4 Å². The third kappa shape index (κ3) is 11.0. The lowest BCUT2D eigenvalue weighted by atomic mass is 9.97. The second-order valence-electron chi connectivity index (χ2n) is 6.36. The van der Waals surface area contributed by atoms with Gasteiger partial charge in [0, 0.05) is 17.8 Å². The Bertz CT molecular complexity index is 1040. The summed E-state index contributed by atoms with van der Waals surface area (Å²) in [6.07, 6.45) is -11.5. The van der Waals surface area contributed by atoms with E-state index in [4.69, 9.17) is 5.73 Å². The van der Waals surface area contributed by atoms with Gasteiger partial charge >= 0.3 is 28.7 Å². The summed E-state index contributed by atoms with van der Waals surface area (Å²) >= 11 is 0. The topological polar surface area (TPSA) is 95.7 Å². The number of hydrogen-bond acceptors (Lipinski definition) is 6. The van der Waals surface area contributed by atoms with Gasteiger partial charge in [0.05, 0.1) is 0 Å². The molecular weight excluding hydrogens is 468 g/mol. The molecule has 0 aliphatic rings. The smallest absolute Gasteiger partial charge is 0.323 e. The molecule has 0 amide bonds. The molecule has 6 nitrogen and oxygen atoms in total. The van der Waals surface area contributed by atoms with Crippen LogP contribution in [0.25, 0.3) is 0 Å². The fourth-order valence-electron chi connectivity index (χ4n) is 2.17. The fraction of sp³-hybridized carbons (Fsp3) is 0.421. The second-order valence-corrected chi connectivity index (χ2v) is 7.54. The number of benzene rings is 1. The van der Waals surface area contributed by atoms with Crippen LogP contribution in [0.3, 0.4) is 0 Å². The van der Waals surface area contributed by atoms with E-state index >= 15 is 0 Å². The summed E-state index contributed by atoms with van der Waals surface area (Å²) in [5, 5.41) is 0. The zero-order valence-electron chi connectivity index (χ0n) is 16.5. The molecule has 1 aromatic rings. The van der Waals surface area contributed by atoms with Crippen molar-refractivity contribution in [2.24, 2.45) is 5.73 Å². The van der Waals surface area contributed by atoms with E-state index in [1.165, 1.54) is 37.1 Å². The van der Waals surface area contributed by atoms with Gasteiger partial charge in [0.15, 0.2) is 0 Å². The molecule has 0 spiro atoms. The highest BCUT2D eigenvalue weighted by atomic mass is 32.3. The predicted molar refractivity (Wildman–Crippen MR) is 99.8 cm³/mol. The van der Waals surface area contributed by atoms with Gasteiger partial charge in [-0.2, -0.15) is 34.8 Å². The third-order valence-corrected chi connectivity index (χ3v) is 4.40. The van der Waals surface area contributed by atoms with Crippen LogP contribution < -0.4 is 5.73 Å². The number of carbonyl (C=O) groups excluding carboxylic acids is 1. The molecule has 0 bridgehead atoms. The summed E-state index contributed by atoms with van der Waals surface area (Å²) in [6.45, 7) is 2.32. The lowest BCUT2D eigenvalue weighted by molar-refractivity contribution is -0.136. The Kier molecular flexibility index (Phi) is 9.14. The zero-order valence-corrected chi connectivity index (χ0v) is 17.4. The van der Waals surface area contributed by atoms with Crippen molar-refractivity contribution in [3.63, 3.8) is 0 Å². The molecule has 0 saturated carbocycles. The monoisotopic (exact) mass is 485 g/mol. The van der Waals surface area contributed by atoms with Gasteiger partial charge < -0.3 is 9.92 Å². The van der Waals surface area contributed by atoms with Crippen LogP contribution in [0, 0.1) is 23.7 Å². The van der Waals surface area contributed by atoms with Crippen LogP contribution in [0.2, 0.25) is 0 Å². The van der Waals surface area contributed by atoms with Crippen molar-refractivity contribution in [3.05, 3.63) is 35.4 Å². The molecule has 176 valence electrons. The van der Waals surface area contributed by atoms with E-state index in [-0.39, 0.29) is 6.42 Å². The molecule has 32 heavy (non-hydrogen) atoms. The molecule has 0 fully saturated rings. The Balaban J connectivity index is 2.79. The SMILES string of the molecule is CC(C#CC(F)(F)F)OS(=O)(=O)OC(=O)C(N)Cc1cccc(C(C)C#CC(F)(F)F)c1. The first kappa shape index (κ1) is 27.3. The number of rotatable bonds is 7. The summed E-state index contributed by atoms with van der Waals surface area (Å²) in [5.74, 6) is 3.22. The van der Waals surface area contributed by atoms with Crippen molar-refractivity contribution in [2.75, 3.05) is 0 Å². The molecule has 0 saturated heterocycles. The molecule has 2 N–H and O–H groups in total. The maximum atomic E-state index is 12.2. The van der Waals surface area contributed by atoms with Gasteiger partial charge in [0.25, 0.3) is 0 Å². The number of alkyl halides is 6. The maximum absolute atomic E-state index is 12.2. The maximum Gasteiger partial charge on any atom is 0.457 e. The van der Waals surface area contributed by atoms with Gasteiger partial charge in [-0.3, -0.25) is 0 Å². The van der Waals surface area contributed by atoms with E-state index in [9.17, 15) is 39.6 Å². The summed E-state index contributed by atoms with van der Waals surface area (Å²) in [4.78, 5) is 11.9. The Morgan fingerprint density at radius 2 is 1.62 bits per heavy atom. The normalized spacial score (nSPS) is 14.8. The van der Waals surface area contributed by atoms with E-state index in [1.807, 2.05) is 5.92 Å². The first-order valence-electron chi connectivity index (χ1n) is 8.67. The van der Waals surface area contributed by atoms with E-state index in [2.05, 4.69) is 8.37 Å². The minimum absolute atomic E-state index is 0.259. The van der Waals surface area contributed by atoms with Crippen molar-refractivity contribution >= 4 is 16.4 Å². The molecule has 0 heterocycles. The Labute approximate surface area is 180 Å². The van der Waals surface area contributed by atoms with Crippen molar-refractivity contribution in [1.29, 1.82) is 0 Å². The van der Waals surface area contributed by atoms with Crippen LogP contribution in [0.5, 0.6) is 0 Å². The minimum Gasteiger partial charge on any atom is -0.323 e. The van der Waals surface area contributed by atoms with Crippen LogP contribution in [-0.4, -0.2) is 38.9 Å². The Hall–Kier alpha value is -2.74.